The zero-order valence-corrected chi connectivity index (χ0v) is 14.0. The van der Waals surface area contributed by atoms with Crippen LogP contribution in [-0.4, -0.2) is 32.8 Å². The lowest BCUT2D eigenvalue weighted by Gasteiger charge is -2.10. The molecule has 0 bridgehead atoms. The van der Waals surface area contributed by atoms with Crippen LogP contribution in [0.4, 0.5) is 0 Å². The Morgan fingerprint density at radius 3 is 2.00 bits per heavy atom. The molecule has 0 atom stereocenters. The van der Waals surface area contributed by atoms with Gasteiger partial charge in [-0.25, -0.2) is 9.59 Å². The van der Waals surface area contributed by atoms with E-state index < -0.39 is 11.9 Å². The Morgan fingerprint density at radius 2 is 1.59 bits per heavy atom. The summed E-state index contributed by atoms with van der Waals surface area (Å²) < 4.78 is 14.5. The molecule has 0 radical (unpaired) electrons. The van der Waals surface area contributed by atoms with Gasteiger partial charge < -0.3 is 14.2 Å². The number of carbonyl (C=O) groups is 2. The molecular formula is C15H16Cl2O5. The first-order valence-corrected chi connectivity index (χ1v) is 7.20. The second-order valence-electron chi connectivity index (χ2n) is 4.20. The fraction of sp³-hybridized carbons (Fsp3) is 0.333. The minimum Gasteiger partial charge on any atom is -0.490 e. The van der Waals surface area contributed by atoms with Gasteiger partial charge in [0.15, 0.2) is 5.75 Å². The summed E-state index contributed by atoms with van der Waals surface area (Å²) in [6.07, 6.45) is 2.10. The van der Waals surface area contributed by atoms with Crippen LogP contribution in [0.1, 0.15) is 18.9 Å². The molecule has 1 aromatic carbocycles. The highest BCUT2D eigenvalue weighted by molar-refractivity contribution is 6.37. The highest BCUT2D eigenvalue weighted by Crippen LogP contribution is 2.35. The maximum absolute atomic E-state index is 11.6. The number of carbonyl (C=O) groups excluding carboxylic acids is 2. The fourth-order valence-electron chi connectivity index (χ4n) is 1.59. The van der Waals surface area contributed by atoms with Gasteiger partial charge in [-0.1, -0.05) is 30.1 Å². The molecule has 0 aromatic heterocycles. The molecule has 0 spiro atoms. The first-order chi connectivity index (χ1) is 10.4. The molecule has 22 heavy (non-hydrogen) atoms. The summed E-state index contributed by atoms with van der Waals surface area (Å²) in [4.78, 5) is 23.2. The normalized spacial score (nSPS) is 9.86. The minimum absolute atomic E-state index is 0.264. The molecule has 0 unspecified atom stereocenters. The van der Waals surface area contributed by atoms with E-state index in [2.05, 4.69) is 9.47 Å². The monoisotopic (exact) mass is 346 g/mol. The molecular weight excluding hydrogens is 331 g/mol. The smallest absolute Gasteiger partial charge is 0.345 e. The average Bonchev–Trinajstić information content (AvgIpc) is 2.50. The van der Waals surface area contributed by atoms with Crippen LogP contribution in [0, 0.1) is 0 Å². The van der Waals surface area contributed by atoms with Gasteiger partial charge in [0.25, 0.3) is 0 Å². The largest absolute Gasteiger partial charge is 0.490 e. The Balaban J connectivity index is 3.22. The van der Waals surface area contributed by atoms with Crippen LogP contribution in [0.15, 0.2) is 17.7 Å². The summed E-state index contributed by atoms with van der Waals surface area (Å²) in [5.74, 6) is -1.27. The molecule has 0 saturated carbocycles. The average molecular weight is 347 g/mol. The summed E-state index contributed by atoms with van der Waals surface area (Å²) in [6, 6.07) is 3.06. The van der Waals surface area contributed by atoms with Gasteiger partial charge in [-0.15, -0.1) is 0 Å². The van der Waals surface area contributed by atoms with Gasteiger partial charge in [0, 0.05) is 0 Å². The number of hydrogen-bond acceptors (Lipinski definition) is 5. The zero-order valence-electron chi connectivity index (χ0n) is 12.4. The molecule has 7 heteroatoms. The second kappa shape index (κ2) is 8.66. The van der Waals surface area contributed by atoms with E-state index in [0.29, 0.717) is 17.9 Å². The number of halogens is 2. The van der Waals surface area contributed by atoms with Crippen molar-refractivity contribution < 1.29 is 23.8 Å². The molecule has 0 fully saturated rings. The maximum Gasteiger partial charge on any atom is 0.345 e. The number of ether oxygens (including phenoxy) is 3. The quantitative estimate of drug-likeness (QED) is 0.341. The van der Waals surface area contributed by atoms with Crippen LogP contribution >= 0.6 is 23.2 Å². The molecule has 0 N–H and O–H groups in total. The number of esters is 2. The van der Waals surface area contributed by atoms with Crippen molar-refractivity contribution in [3.8, 4) is 5.75 Å². The van der Waals surface area contributed by atoms with E-state index in [4.69, 9.17) is 27.9 Å². The van der Waals surface area contributed by atoms with Crippen LogP contribution in [0.5, 0.6) is 5.75 Å². The lowest BCUT2D eigenvalue weighted by Crippen LogP contribution is -2.15. The summed E-state index contributed by atoms with van der Waals surface area (Å²) in [7, 11) is 2.33. The van der Waals surface area contributed by atoms with Crippen LogP contribution in [0.25, 0.3) is 6.08 Å². The zero-order chi connectivity index (χ0) is 16.7. The van der Waals surface area contributed by atoms with E-state index in [9.17, 15) is 9.59 Å². The lowest BCUT2D eigenvalue weighted by molar-refractivity contribution is -0.143. The molecule has 0 aliphatic heterocycles. The standard InChI is InChI=1S/C15H16Cl2O5/c1-4-5-22-13-11(16)7-9(8-12(13)17)6-10(14(18)20-2)15(19)21-3/h6-8H,4-5H2,1-3H3. The topological polar surface area (TPSA) is 61.8 Å². The molecule has 0 saturated heterocycles. The molecule has 5 nitrogen and oxygen atoms in total. The van der Waals surface area contributed by atoms with Gasteiger partial charge in [-0.3, -0.25) is 0 Å². The van der Waals surface area contributed by atoms with Crippen molar-refractivity contribution in [2.75, 3.05) is 20.8 Å². The van der Waals surface area contributed by atoms with Gasteiger partial charge in [0.1, 0.15) is 5.57 Å². The molecule has 1 rings (SSSR count). The van der Waals surface area contributed by atoms with Crippen molar-refractivity contribution in [3.63, 3.8) is 0 Å². The van der Waals surface area contributed by atoms with Crippen molar-refractivity contribution in [3.05, 3.63) is 33.3 Å². The molecule has 0 aliphatic rings. The van der Waals surface area contributed by atoms with Crippen molar-refractivity contribution in [1.29, 1.82) is 0 Å². The van der Waals surface area contributed by atoms with Crippen molar-refractivity contribution in [2.24, 2.45) is 0 Å². The summed E-state index contributed by atoms with van der Waals surface area (Å²) >= 11 is 12.2. The molecule has 0 amide bonds. The predicted octanol–water partition coefficient (Wildman–Crippen LogP) is 3.51. The highest BCUT2D eigenvalue weighted by atomic mass is 35.5. The van der Waals surface area contributed by atoms with Crippen molar-refractivity contribution in [1.82, 2.24) is 0 Å². The van der Waals surface area contributed by atoms with Gasteiger partial charge >= 0.3 is 11.9 Å². The van der Waals surface area contributed by atoms with Gasteiger partial charge in [-0.05, 0) is 30.2 Å². The third-order valence-electron chi connectivity index (χ3n) is 2.59. The molecule has 0 heterocycles. The van der Waals surface area contributed by atoms with E-state index >= 15 is 0 Å². The lowest BCUT2D eigenvalue weighted by atomic mass is 10.1. The first kappa shape index (κ1) is 18.3. The van der Waals surface area contributed by atoms with Crippen LogP contribution in [-0.2, 0) is 19.1 Å². The van der Waals surface area contributed by atoms with E-state index in [-0.39, 0.29) is 15.6 Å². The summed E-state index contributed by atoms with van der Waals surface area (Å²) in [5, 5.41) is 0.558. The fourth-order valence-corrected chi connectivity index (χ4v) is 2.21. The summed E-state index contributed by atoms with van der Waals surface area (Å²) in [6.45, 7) is 2.43. The van der Waals surface area contributed by atoms with E-state index in [1.54, 1.807) is 0 Å². The van der Waals surface area contributed by atoms with Gasteiger partial charge in [0.2, 0.25) is 0 Å². The van der Waals surface area contributed by atoms with Crippen molar-refractivity contribution >= 4 is 41.2 Å². The summed E-state index contributed by atoms with van der Waals surface area (Å²) in [5.41, 5.74) is 0.184. The molecule has 0 aliphatic carbocycles. The van der Waals surface area contributed by atoms with Gasteiger partial charge in [0.05, 0.1) is 30.9 Å². The van der Waals surface area contributed by atoms with E-state index in [1.165, 1.54) is 32.4 Å². The maximum atomic E-state index is 11.6. The third-order valence-corrected chi connectivity index (χ3v) is 3.15. The Morgan fingerprint density at radius 1 is 1.09 bits per heavy atom. The van der Waals surface area contributed by atoms with Crippen LogP contribution in [0.3, 0.4) is 0 Å². The number of rotatable bonds is 6. The minimum atomic E-state index is -0.814. The molecule has 120 valence electrons. The Labute approximate surface area is 138 Å². The van der Waals surface area contributed by atoms with Crippen LogP contribution < -0.4 is 4.74 Å². The van der Waals surface area contributed by atoms with Gasteiger partial charge in [-0.2, -0.15) is 0 Å². The van der Waals surface area contributed by atoms with E-state index in [0.717, 1.165) is 6.42 Å². The molecule has 1 aromatic rings. The Hall–Kier alpha value is -1.72. The predicted molar refractivity (Wildman–Crippen MR) is 84.3 cm³/mol. The van der Waals surface area contributed by atoms with Crippen LogP contribution in [0.2, 0.25) is 10.0 Å². The number of methoxy groups -OCH3 is 2. The Kier molecular flexibility index (Phi) is 7.21. The number of hydrogen-bond donors (Lipinski definition) is 0. The van der Waals surface area contributed by atoms with E-state index in [1.807, 2.05) is 6.92 Å². The highest BCUT2D eigenvalue weighted by Gasteiger charge is 2.20. The first-order valence-electron chi connectivity index (χ1n) is 6.44. The van der Waals surface area contributed by atoms with Crippen molar-refractivity contribution in [2.45, 2.75) is 13.3 Å². The number of benzene rings is 1. The Bertz CT molecular complexity index is 555. The third kappa shape index (κ3) is 4.64. The SMILES string of the molecule is CCCOc1c(Cl)cc(C=C(C(=O)OC)C(=O)OC)cc1Cl. The second-order valence-corrected chi connectivity index (χ2v) is 5.02.